The molecule has 0 saturated heterocycles. The van der Waals surface area contributed by atoms with Crippen molar-refractivity contribution in [1.29, 1.82) is 0 Å². The van der Waals surface area contributed by atoms with Crippen LogP contribution in [0.4, 0.5) is 0 Å². The summed E-state index contributed by atoms with van der Waals surface area (Å²) in [5.74, 6) is 0.223. The van der Waals surface area contributed by atoms with Gasteiger partial charge in [0.05, 0.1) is 13.2 Å². The summed E-state index contributed by atoms with van der Waals surface area (Å²) in [7, 11) is 0. The molecule has 2 aliphatic rings. The third kappa shape index (κ3) is 6.21. The number of halogens is 1. The number of aliphatic hydroxyl groups is 1. The molecule has 0 radical (unpaired) electrons. The van der Waals surface area contributed by atoms with E-state index >= 15 is 0 Å². The molecule has 2 N–H and O–H groups in total. The van der Waals surface area contributed by atoms with Crippen molar-refractivity contribution in [3.05, 3.63) is 81.5 Å². The monoisotopic (exact) mass is 499 g/mol. The van der Waals surface area contributed by atoms with Gasteiger partial charge < -0.3 is 19.9 Å². The zero-order chi connectivity index (χ0) is 22.3. The number of allylic oxidation sites excluding steroid dienone is 1. The summed E-state index contributed by atoms with van der Waals surface area (Å²) in [5, 5.41) is 12.4. The molecule has 0 spiro atoms. The quantitative estimate of drug-likeness (QED) is 0.540. The van der Waals surface area contributed by atoms with Crippen molar-refractivity contribution < 1.29 is 19.4 Å². The Bertz CT molecular complexity index is 920. The summed E-state index contributed by atoms with van der Waals surface area (Å²) >= 11 is 3.49. The van der Waals surface area contributed by atoms with E-state index < -0.39 is 6.29 Å². The molecule has 0 bridgehead atoms. The van der Waals surface area contributed by atoms with E-state index in [1.807, 2.05) is 42.5 Å². The Morgan fingerprint density at radius 1 is 1.03 bits per heavy atom. The third-order valence-corrected chi connectivity index (χ3v) is 6.69. The van der Waals surface area contributed by atoms with Gasteiger partial charge in [-0.1, -0.05) is 71.6 Å². The van der Waals surface area contributed by atoms with Gasteiger partial charge in [0.15, 0.2) is 5.76 Å². The lowest BCUT2D eigenvalue weighted by Gasteiger charge is -2.30. The van der Waals surface area contributed by atoms with Gasteiger partial charge in [0.1, 0.15) is 0 Å². The molecular weight excluding hydrogens is 470 g/mol. The summed E-state index contributed by atoms with van der Waals surface area (Å²) in [5.41, 5.74) is 2.98. The lowest BCUT2D eigenvalue weighted by Crippen LogP contribution is -2.39. The van der Waals surface area contributed by atoms with Crippen molar-refractivity contribution >= 4 is 21.8 Å². The Balaban J connectivity index is 1.46. The van der Waals surface area contributed by atoms with E-state index in [0.29, 0.717) is 18.8 Å². The van der Waals surface area contributed by atoms with Gasteiger partial charge in [0.2, 0.25) is 6.29 Å². The Labute approximate surface area is 197 Å². The second kappa shape index (κ2) is 11.1. The number of rotatable bonds is 7. The minimum atomic E-state index is -0.515. The van der Waals surface area contributed by atoms with Gasteiger partial charge in [-0.3, -0.25) is 4.79 Å². The highest BCUT2D eigenvalue weighted by Gasteiger charge is 2.30. The third-order valence-electron chi connectivity index (χ3n) is 6.16. The van der Waals surface area contributed by atoms with E-state index in [9.17, 15) is 9.90 Å². The van der Waals surface area contributed by atoms with Crippen molar-refractivity contribution in [3.63, 3.8) is 0 Å². The Morgan fingerprint density at radius 3 is 2.41 bits per heavy atom. The van der Waals surface area contributed by atoms with E-state index in [0.717, 1.165) is 46.8 Å². The fourth-order valence-corrected chi connectivity index (χ4v) is 4.56. The van der Waals surface area contributed by atoms with Gasteiger partial charge in [-0.2, -0.15) is 0 Å². The number of ether oxygens (including phenoxy) is 2. The number of hydrogen-bond acceptors (Lipinski definition) is 4. The largest absolute Gasteiger partial charge is 0.459 e. The topological polar surface area (TPSA) is 67.8 Å². The van der Waals surface area contributed by atoms with Crippen LogP contribution in [-0.4, -0.2) is 23.3 Å². The zero-order valence-electron chi connectivity index (χ0n) is 18.1. The van der Waals surface area contributed by atoms with Gasteiger partial charge >= 0.3 is 0 Å². The number of benzene rings is 2. The summed E-state index contributed by atoms with van der Waals surface area (Å²) in [6.07, 6.45) is 7.66. The average molecular weight is 500 g/mol. The summed E-state index contributed by atoms with van der Waals surface area (Å²) in [4.78, 5) is 13.0. The van der Waals surface area contributed by atoms with Crippen LogP contribution in [0.3, 0.4) is 0 Å². The van der Waals surface area contributed by atoms with Crippen LogP contribution in [-0.2, 0) is 27.5 Å². The Morgan fingerprint density at radius 2 is 1.72 bits per heavy atom. The molecule has 32 heavy (non-hydrogen) atoms. The van der Waals surface area contributed by atoms with Crippen molar-refractivity contribution in [1.82, 2.24) is 5.32 Å². The van der Waals surface area contributed by atoms with Crippen LogP contribution >= 0.6 is 15.9 Å². The van der Waals surface area contributed by atoms with Crippen molar-refractivity contribution in [2.75, 3.05) is 0 Å². The molecule has 2 aromatic rings. The molecule has 2 aromatic carbocycles. The second-order valence-electron chi connectivity index (χ2n) is 8.57. The Hall–Kier alpha value is -2.15. The van der Waals surface area contributed by atoms with Gasteiger partial charge in [-0.05, 0) is 47.7 Å². The highest BCUT2D eigenvalue weighted by Crippen LogP contribution is 2.33. The molecule has 2 atom stereocenters. The highest BCUT2D eigenvalue weighted by atomic mass is 79.9. The molecule has 1 fully saturated rings. The molecule has 1 amide bonds. The number of carbonyl (C=O) groups excluding carboxylic acids is 1. The first-order valence-electron chi connectivity index (χ1n) is 11.4. The van der Waals surface area contributed by atoms with Gasteiger partial charge in [-0.25, -0.2) is 0 Å². The maximum atomic E-state index is 13.0. The number of aliphatic hydroxyl groups excluding tert-OH is 1. The predicted molar refractivity (Wildman–Crippen MR) is 127 cm³/mol. The molecule has 1 aliphatic heterocycles. The lowest BCUT2D eigenvalue weighted by atomic mass is 9.92. The first-order valence-corrected chi connectivity index (χ1v) is 12.1. The molecule has 5 nitrogen and oxygen atoms in total. The minimum absolute atomic E-state index is 0.0198. The first-order chi connectivity index (χ1) is 15.6. The first kappa shape index (κ1) is 23.0. The fourth-order valence-electron chi connectivity index (χ4n) is 4.29. The molecule has 1 saturated carbocycles. The molecular formula is C26H30BrNO4. The minimum Gasteiger partial charge on any atom is -0.459 e. The zero-order valence-corrected chi connectivity index (χ0v) is 19.7. The van der Waals surface area contributed by atoms with Crippen LogP contribution in [0.15, 0.2) is 64.8 Å². The number of carbonyl (C=O) groups is 1. The maximum Gasteiger partial charge on any atom is 0.286 e. The molecule has 1 heterocycles. The van der Waals surface area contributed by atoms with Crippen LogP contribution in [0.5, 0.6) is 0 Å². The number of amides is 1. The van der Waals surface area contributed by atoms with Crippen LogP contribution < -0.4 is 5.32 Å². The van der Waals surface area contributed by atoms with Crippen LogP contribution in [0.25, 0.3) is 0 Å². The van der Waals surface area contributed by atoms with Crippen LogP contribution in [0, 0.1) is 0 Å². The van der Waals surface area contributed by atoms with E-state index in [1.165, 1.54) is 6.42 Å². The fraction of sp³-hybridized carbons (Fsp3) is 0.423. The predicted octanol–water partition coefficient (Wildman–Crippen LogP) is 5.32. The highest BCUT2D eigenvalue weighted by molar-refractivity contribution is 9.10. The molecule has 170 valence electrons. The van der Waals surface area contributed by atoms with E-state index in [1.54, 1.807) is 0 Å². The number of nitrogens with one attached hydrogen (secondary N) is 1. The molecule has 0 unspecified atom stereocenters. The van der Waals surface area contributed by atoms with Gasteiger partial charge in [0, 0.05) is 22.9 Å². The SMILES string of the molecule is O=C(NC1CCCCC1)C1=C[C@H](c2ccc(Br)cc2)C[C@H](OCc2ccc(CO)cc2)O1. The van der Waals surface area contributed by atoms with Crippen molar-refractivity contribution in [2.24, 2.45) is 0 Å². The van der Waals surface area contributed by atoms with Crippen molar-refractivity contribution in [3.8, 4) is 0 Å². The molecule has 4 rings (SSSR count). The van der Waals surface area contributed by atoms with Gasteiger partial charge in [0.25, 0.3) is 5.91 Å². The average Bonchev–Trinajstić information content (AvgIpc) is 2.84. The smallest absolute Gasteiger partial charge is 0.286 e. The van der Waals surface area contributed by atoms with E-state index in [2.05, 4.69) is 33.4 Å². The second-order valence-corrected chi connectivity index (χ2v) is 9.48. The summed E-state index contributed by atoms with van der Waals surface area (Å²) in [6.45, 7) is 0.396. The molecule has 0 aromatic heterocycles. The number of hydrogen-bond donors (Lipinski definition) is 2. The summed E-state index contributed by atoms with van der Waals surface area (Å²) in [6, 6.07) is 16.0. The standard InChI is InChI=1S/C26H30BrNO4/c27-22-12-10-20(11-13-22)21-14-24(26(30)28-23-4-2-1-3-5-23)32-25(15-21)31-17-19-8-6-18(16-29)7-9-19/h6-14,21,23,25,29H,1-5,15-17H2,(H,28,30)/t21-,25+/m0/s1. The van der Waals surface area contributed by atoms with Crippen molar-refractivity contribution in [2.45, 2.75) is 70.0 Å². The normalized spacial score (nSPS) is 21.5. The Kier molecular flexibility index (Phi) is 8.00. The molecule has 1 aliphatic carbocycles. The van der Waals surface area contributed by atoms with Crippen LogP contribution in [0.2, 0.25) is 0 Å². The van der Waals surface area contributed by atoms with E-state index in [4.69, 9.17) is 9.47 Å². The maximum absolute atomic E-state index is 13.0. The lowest BCUT2D eigenvalue weighted by molar-refractivity contribution is -0.150. The summed E-state index contributed by atoms with van der Waals surface area (Å²) < 4.78 is 13.1. The van der Waals surface area contributed by atoms with E-state index in [-0.39, 0.29) is 24.5 Å². The molecule has 6 heteroatoms. The van der Waals surface area contributed by atoms with Gasteiger partial charge in [-0.15, -0.1) is 0 Å². The van der Waals surface area contributed by atoms with Crippen LogP contribution in [0.1, 0.15) is 61.1 Å².